The summed E-state index contributed by atoms with van der Waals surface area (Å²) in [6, 6.07) is 22.4. The van der Waals surface area contributed by atoms with E-state index in [0.29, 0.717) is 41.2 Å². The first kappa shape index (κ1) is 23.9. The first-order valence-electron chi connectivity index (χ1n) is 11.1. The number of rotatable bonds is 11. The zero-order valence-electron chi connectivity index (χ0n) is 18.5. The Morgan fingerprint density at radius 1 is 0.941 bits per heavy atom. The monoisotopic (exact) mass is 497 g/mol. The number of amides is 1. The van der Waals surface area contributed by atoms with E-state index < -0.39 is 0 Å². The quantitative estimate of drug-likeness (QED) is 0.276. The van der Waals surface area contributed by atoms with Gasteiger partial charge in [-0.05, 0) is 55.0 Å². The van der Waals surface area contributed by atoms with Gasteiger partial charge in [0.2, 0.25) is 0 Å². The van der Waals surface area contributed by atoms with Crippen LogP contribution in [0.2, 0.25) is 10.0 Å². The Labute approximate surface area is 208 Å². The average Bonchev–Trinajstić information content (AvgIpc) is 3.20. The van der Waals surface area contributed by atoms with Gasteiger partial charge in [0.15, 0.2) is 6.61 Å². The molecule has 0 saturated heterocycles. The van der Waals surface area contributed by atoms with Crippen molar-refractivity contribution in [2.24, 2.45) is 0 Å². The average molecular weight is 498 g/mol. The number of fused-ring (bicyclic) bond motifs is 1. The van der Waals surface area contributed by atoms with Crippen LogP contribution in [0.3, 0.4) is 0 Å². The van der Waals surface area contributed by atoms with Gasteiger partial charge in [0.1, 0.15) is 23.9 Å². The molecule has 176 valence electrons. The summed E-state index contributed by atoms with van der Waals surface area (Å²) in [6.45, 7) is 1.60. The van der Waals surface area contributed by atoms with E-state index in [2.05, 4.69) is 16.0 Å². The molecule has 1 amide bonds. The van der Waals surface area contributed by atoms with Crippen LogP contribution in [0.25, 0.3) is 11.0 Å². The fourth-order valence-corrected chi connectivity index (χ4v) is 3.90. The standard InChI is InChI=1S/C26H25Cl2N3O3/c27-19-11-13-20(14-12-19)34-18-26(32)29-15-5-10-25-30-22-7-2-3-8-23(22)31(25)16-17-33-24-9-4-1-6-21(24)28/h1-4,6-9,11-14H,5,10,15-18H2,(H,29,32). The van der Waals surface area contributed by atoms with Crippen LogP contribution in [0.4, 0.5) is 0 Å². The predicted octanol–water partition coefficient (Wildman–Crippen LogP) is 5.55. The van der Waals surface area contributed by atoms with E-state index in [-0.39, 0.29) is 12.5 Å². The number of benzene rings is 3. The number of aryl methyl sites for hydroxylation is 1. The number of carbonyl (C=O) groups is 1. The highest BCUT2D eigenvalue weighted by Crippen LogP contribution is 2.23. The molecule has 0 radical (unpaired) electrons. The minimum Gasteiger partial charge on any atom is -0.490 e. The van der Waals surface area contributed by atoms with Crippen molar-refractivity contribution in [2.75, 3.05) is 19.8 Å². The third-order valence-corrected chi connectivity index (χ3v) is 5.79. The van der Waals surface area contributed by atoms with E-state index in [0.717, 1.165) is 29.7 Å². The molecule has 0 saturated carbocycles. The van der Waals surface area contributed by atoms with Crippen LogP contribution in [0.15, 0.2) is 72.8 Å². The van der Waals surface area contributed by atoms with Gasteiger partial charge >= 0.3 is 0 Å². The number of nitrogens with one attached hydrogen (secondary N) is 1. The Morgan fingerprint density at radius 3 is 2.53 bits per heavy atom. The van der Waals surface area contributed by atoms with Gasteiger partial charge in [0, 0.05) is 18.0 Å². The molecule has 0 bridgehead atoms. The normalized spacial score (nSPS) is 10.9. The Bertz CT molecular complexity index is 1240. The van der Waals surface area contributed by atoms with Crippen molar-refractivity contribution in [3.05, 3.63) is 88.7 Å². The molecule has 0 aliphatic carbocycles. The molecular weight excluding hydrogens is 473 g/mol. The molecular formula is C26H25Cl2N3O3. The molecule has 0 aliphatic heterocycles. The number of carbonyl (C=O) groups excluding carboxylic acids is 1. The Hall–Kier alpha value is -3.22. The molecule has 0 unspecified atom stereocenters. The van der Waals surface area contributed by atoms with E-state index in [1.165, 1.54) is 0 Å². The third kappa shape index (κ3) is 6.43. The molecule has 1 aromatic heterocycles. The van der Waals surface area contributed by atoms with Crippen molar-refractivity contribution in [3.8, 4) is 11.5 Å². The first-order valence-corrected chi connectivity index (χ1v) is 11.8. The number of ether oxygens (including phenoxy) is 2. The zero-order chi connectivity index (χ0) is 23.8. The highest BCUT2D eigenvalue weighted by atomic mass is 35.5. The number of hydrogen-bond acceptors (Lipinski definition) is 4. The van der Waals surface area contributed by atoms with Crippen LogP contribution >= 0.6 is 23.2 Å². The van der Waals surface area contributed by atoms with E-state index in [1.807, 2.05) is 42.5 Å². The summed E-state index contributed by atoms with van der Waals surface area (Å²) in [5.74, 6) is 2.05. The summed E-state index contributed by atoms with van der Waals surface area (Å²) in [6.07, 6.45) is 1.47. The lowest BCUT2D eigenvalue weighted by atomic mass is 10.3. The molecule has 3 aromatic carbocycles. The molecule has 0 fully saturated rings. The maximum Gasteiger partial charge on any atom is 0.257 e. The highest BCUT2D eigenvalue weighted by Gasteiger charge is 2.11. The van der Waals surface area contributed by atoms with Gasteiger partial charge in [0.05, 0.1) is 22.6 Å². The molecule has 34 heavy (non-hydrogen) atoms. The molecule has 0 atom stereocenters. The Kier molecular flexibility index (Phi) is 8.28. The van der Waals surface area contributed by atoms with E-state index in [4.69, 9.17) is 37.7 Å². The van der Waals surface area contributed by atoms with Crippen molar-refractivity contribution in [1.82, 2.24) is 14.9 Å². The second-order valence-corrected chi connectivity index (χ2v) is 8.49. The number of imidazole rings is 1. The Balaban J connectivity index is 1.28. The van der Waals surface area contributed by atoms with Crippen LogP contribution in [0.1, 0.15) is 12.2 Å². The van der Waals surface area contributed by atoms with Gasteiger partial charge in [-0.2, -0.15) is 0 Å². The van der Waals surface area contributed by atoms with Gasteiger partial charge in [-0.25, -0.2) is 4.98 Å². The van der Waals surface area contributed by atoms with Crippen molar-refractivity contribution < 1.29 is 14.3 Å². The fraction of sp³-hybridized carbons (Fsp3) is 0.231. The third-order valence-electron chi connectivity index (χ3n) is 5.23. The fourth-order valence-electron chi connectivity index (χ4n) is 3.58. The largest absolute Gasteiger partial charge is 0.490 e. The lowest BCUT2D eigenvalue weighted by molar-refractivity contribution is -0.123. The van der Waals surface area contributed by atoms with Crippen LogP contribution in [-0.4, -0.2) is 35.2 Å². The number of halogens is 2. The molecule has 4 aromatic rings. The smallest absolute Gasteiger partial charge is 0.257 e. The first-order chi connectivity index (χ1) is 16.6. The SMILES string of the molecule is O=C(COc1ccc(Cl)cc1)NCCCc1nc2ccccc2n1CCOc1ccccc1Cl. The minimum atomic E-state index is -0.170. The van der Waals surface area contributed by atoms with E-state index in [9.17, 15) is 4.79 Å². The van der Waals surface area contributed by atoms with Crippen LogP contribution < -0.4 is 14.8 Å². The second-order valence-electron chi connectivity index (χ2n) is 7.64. The van der Waals surface area contributed by atoms with E-state index >= 15 is 0 Å². The van der Waals surface area contributed by atoms with Gasteiger partial charge < -0.3 is 19.4 Å². The number of hydrogen-bond donors (Lipinski definition) is 1. The van der Waals surface area contributed by atoms with Crippen molar-refractivity contribution >= 4 is 40.1 Å². The summed E-state index contributed by atoms with van der Waals surface area (Å²) in [5.41, 5.74) is 2.00. The molecule has 1 N–H and O–H groups in total. The van der Waals surface area contributed by atoms with Gasteiger partial charge in [-0.3, -0.25) is 4.79 Å². The molecule has 0 spiro atoms. The van der Waals surface area contributed by atoms with Gasteiger partial charge in [-0.1, -0.05) is 47.5 Å². The minimum absolute atomic E-state index is 0.0421. The summed E-state index contributed by atoms with van der Waals surface area (Å²) < 4.78 is 13.5. The van der Waals surface area contributed by atoms with Gasteiger partial charge in [0.25, 0.3) is 5.91 Å². The van der Waals surface area contributed by atoms with Crippen molar-refractivity contribution in [2.45, 2.75) is 19.4 Å². The second kappa shape index (κ2) is 11.8. The summed E-state index contributed by atoms with van der Waals surface area (Å²) in [4.78, 5) is 16.9. The molecule has 1 heterocycles. The summed E-state index contributed by atoms with van der Waals surface area (Å²) in [7, 11) is 0. The maximum atomic E-state index is 12.1. The molecule has 8 heteroatoms. The highest BCUT2D eigenvalue weighted by molar-refractivity contribution is 6.32. The Morgan fingerprint density at radius 2 is 1.71 bits per heavy atom. The van der Waals surface area contributed by atoms with Crippen molar-refractivity contribution in [3.63, 3.8) is 0 Å². The molecule has 6 nitrogen and oxygen atoms in total. The molecule has 4 rings (SSSR count). The molecule has 0 aliphatic rings. The van der Waals surface area contributed by atoms with Gasteiger partial charge in [-0.15, -0.1) is 0 Å². The van der Waals surface area contributed by atoms with Crippen LogP contribution in [0, 0.1) is 0 Å². The number of nitrogens with zero attached hydrogens (tertiary/aromatic N) is 2. The maximum absolute atomic E-state index is 12.1. The topological polar surface area (TPSA) is 65.4 Å². The zero-order valence-corrected chi connectivity index (χ0v) is 20.1. The van der Waals surface area contributed by atoms with Crippen molar-refractivity contribution in [1.29, 1.82) is 0 Å². The summed E-state index contributed by atoms with van der Waals surface area (Å²) >= 11 is 12.0. The summed E-state index contributed by atoms with van der Waals surface area (Å²) in [5, 5.41) is 4.11. The van der Waals surface area contributed by atoms with E-state index in [1.54, 1.807) is 24.3 Å². The number of aromatic nitrogens is 2. The van der Waals surface area contributed by atoms with Crippen LogP contribution in [0.5, 0.6) is 11.5 Å². The lowest BCUT2D eigenvalue weighted by Crippen LogP contribution is -2.30. The lowest BCUT2D eigenvalue weighted by Gasteiger charge is -2.12. The number of para-hydroxylation sites is 3. The predicted molar refractivity (Wildman–Crippen MR) is 135 cm³/mol. The van der Waals surface area contributed by atoms with Crippen LogP contribution in [-0.2, 0) is 17.8 Å².